The molecule has 2 N–H and O–H groups in total. The Morgan fingerprint density at radius 2 is 2.03 bits per heavy atom. The molecule has 4 aromatic rings. The lowest BCUT2D eigenvalue weighted by Gasteiger charge is -2.17. The topological polar surface area (TPSA) is 111 Å². The maximum absolute atomic E-state index is 14.8. The van der Waals surface area contributed by atoms with E-state index in [1.165, 1.54) is 6.07 Å². The van der Waals surface area contributed by atoms with Gasteiger partial charge >= 0.3 is 5.97 Å². The van der Waals surface area contributed by atoms with E-state index in [-0.39, 0.29) is 24.7 Å². The summed E-state index contributed by atoms with van der Waals surface area (Å²) >= 11 is 0. The Hall–Kier alpha value is -4.21. The van der Waals surface area contributed by atoms with Crippen LogP contribution in [0.4, 0.5) is 10.2 Å². The van der Waals surface area contributed by atoms with Crippen LogP contribution in [0.2, 0.25) is 0 Å². The molecule has 1 aromatic carbocycles. The molecular weight excluding hydrogens is 453 g/mol. The van der Waals surface area contributed by atoms with Gasteiger partial charge in [0.15, 0.2) is 17.2 Å². The first-order valence-electron chi connectivity index (χ1n) is 11.4. The first kappa shape index (κ1) is 21.3. The van der Waals surface area contributed by atoms with Gasteiger partial charge in [-0.3, -0.25) is 14.2 Å². The Labute approximate surface area is 199 Å². The van der Waals surface area contributed by atoms with E-state index in [4.69, 9.17) is 14.6 Å². The fraction of sp³-hybridized carbons (Fsp3) is 0.280. The van der Waals surface area contributed by atoms with Crippen molar-refractivity contribution in [3.05, 3.63) is 65.0 Å². The second kappa shape index (κ2) is 8.23. The Morgan fingerprint density at radius 1 is 1.20 bits per heavy atom. The number of carboxylic acids is 1. The van der Waals surface area contributed by atoms with Crippen molar-refractivity contribution in [1.82, 2.24) is 19.6 Å². The Balaban J connectivity index is 1.43. The van der Waals surface area contributed by atoms with Crippen LogP contribution in [0, 0.1) is 12.7 Å². The van der Waals surface area contributed by atoms with Crippen LogP contribution in [0.3, 0.4) is 0 Å². The molecule has 0 unspecified atom stereocenters. The van der Waals surface area contributed by atoms with Crippen molar-refractivity contribution in [3.8, 4) is 22.6 Å². The van der Waals surface area contributed by atoms with Crippen molar-refractivity contribution in [2.45, 2.75) is 32.2 Å². The Bertz CT molecular complexity index is 1480. The van der Waals surface area contributed by atoms with E-state index in [2.05, 4.69) is 20.5 Å². The largest absolute Gasteiger partial charge is 0.493 e. The predicted octanol–water partition coefficient (Wildman–Crippen LogP) is 3.74. The number of hydrogen-bond donors (Lipinski definition) is 2. The van der Waals surface area contributed by atoms with Gasteiger partial charge in [-0.25, -0.2) is 4.39 Å². The zero-order valence-electron chi connectivity index (χ0n) is 18.9. The summed E-state index contributed by atoms with van der Waals surface area (Å²) in [5, 5.41) is 20.7. The monoisotopic (exact) mass is 475 g/mol. The Kier molecular flexibility index (Phi) is 5.01. The molecule has 0 bridgehead atoms. The first-order valence-corrected chi connectivity index (χ1v) is 11.4. The first-order chi connectivity index (χ1) is 17.0. The molecule has 0 amide bonds. The number of ether oxygens (including phenoxy) is 2. The van der Waals surface area contributed by atoms with Gasteiger partial charge in [-0.15, -0.1) is 10.2 Å². The number of aromatic nitrogens is 4. The Morgan fingerprint density at radius 3 is 2.83 bits per heavy atom. The molecule has 178 valence electrons. The van der Waals surface area contributed by atoms with Gasteiger partial charge < -0.3 is 19.9 Å². The summed E-state index contributed by atoms with van der Waals surface area (Å²) in [7, 11) is 0. The average Bonchev–Trinajstić information content (AvgIpc) is 3.49. The molecule has 0 saturated carbocycles. The molecule has 2 aliphatic rings. The van der Waals surface area contributed by atoms with E-state index in [1.807, 2.05) is 25.1 Å². The summed E-state index contributed by atoms with van der Waals surface area (Å²) in [6.07, 6.45) is 1.97. The van der Waals surface area contributed by atoms with E-state index < -0.39 is 5.97 Å². The van der Waals surface area contributed by atoms with Crippen LogP contribution in [-0.4, -0.2) is 43.9 Å². The fourth-order valence-electron chi connectivity index (χ4n) is 4.85. The van der Waals surface area contributed by atoms with Crippen LogP contribution in [0.25, 0.3) is 16.8 Å². The van der Waals surface area contributed by atoms with Gasteiger partial charge in [-0.1, -0.05) is 6.07 Å². The molecule has 0 aliphatic carbocycles. The second-order valence-electron chi connectivity index (χ2n) is 8.73. The summed E-state index contributed by atoms with van der Waals surface area (Å²) in [5.74, 6) is 0.695. The number of hydrogen-bond acceptors (Lipinski definition) is 7. The number of carbonyl (C=O) groups is 1. The third-order valence-corrected chi connectivity index (χ3v) is 6.55. The molecule has 2 aliphatic heterocycles. The minimum absolute atomic E-state index is 0.0220. The van der Waals surface area contributed by atoms with Crippen LogP contribution >= 0.6 is 0 Å². The van der Waals surface area contributed by atoms with Crippen LogP contribution in [0.5, 0.6) is 11.5 Å². The minimum Gasteiger partial charge on any atom is -0.493 e. The quantitative estimate of drug-likeness (QED) is 0.459. The lowest BCUT2D eigenvalue weighted by Crippen LogP contribution is -2.13. The van der Waals surface area contributed by atoms with Crippen LogP contribution in [0.1, 0.15) is 34.9 Å². The molecule has 9 nitrogen and oxygen atoms in total. The normalized spacial score (nSPS) is 16.2. The van der Waals surface area contributed by atoms with E-state index in [0.717, 1.165) is 22.4 Å². The molecule has 0 radical (unpaired) electrons. The number of nitrogens with zero attached hydrogens (tertiary/aromatic N) is 4. The lowest BCUT2D eigenvalue weighted by atomic mass is 9.96. The number of halogens is 1. The van der Waals surface area contributed by atoms with Crippen molar-refractivity contribution in [2.24, 2.45) is 0 Å². The number of aryl methyl sites for hydroxylation is 2. The molecular formula is C25H22FN5O4. The molecule has 5 heterocycles. The molecule has 1 atom stereocenters. The highest BCUT2D eigenvalue weighted by molar-refractivity contribution is 5.83. The zero-order valence-corrected chi connectivity index (χ0v) is 18.9. The van der Waals surface area contributed by atoms with Crippen molar-refractivity contribution in [2.75, 3.05) is 18.5 Å². The van der Waals surface area contributed by atoms with Gasteiger partial charge in [0, 0.05) is 46.6 Å². The average molecular weight is 475 g/mol. The number of anilines is 1. The number of aliphatic carboxylic acids is 1. The molecule has 0 saturated heterocycles. The van der Waals surface area contributed by atoms with Gasteiger partial charge in [-0.2, -0.15) is 0 Å². The summed E-state index contributed by atoms with van der Waals surface area (Å²) in [5.41, 5.74) is 5.11. The van der Waals surface area contributed by atoms with E-state index in [0.29, 0.717) is 53.9 Å². The van der Waals surface area contributed by atoms with Crippen LogP contribution in [0.15, 0.2) is 36.7 Å². The third kappa shape index (κ3) is 3.61. The van der Waals surface area contributed by atoms with Gasteiger partial charge in [0.25, 0.3) is 0 Å². The van der Waals surface area contributed by atoms with E-state index in [9.17, 15) is 9.18 Å². The van der Waals surface area contributed by atoms with Crippen molar-refractivity contribution < 1.29 is 23.8 Å². The highest BCUT2D eigenvalue weighted by atomic mass is 19.1. The molecule has 0 fully saturated rings. The number of benzene rings is 1. The molecule has 3 aromatic heterocycles. The smallest absolute Gasteiger partial charge is 0.303 e. The number of rotatable bonds is 4. The number of pyridine rings is 2. The van der Waals surface area contributed by atoms with Crippen molar-refractivity contribution in [1.29, 1.82) is 0 Å². The number of fused-ring (bicyclic) bond motifs is 3. The van der Waals surface area contributed by atoms with Crippen molar-refractivity contribution >= 4 is 17.4 Å². The van der Waals surface area contributed by atoms with Gasteiger partial charge in [-0.05, 0) is 31.2 Å². The molecule has 35 heavy (non-hydrogen) atoms. The highest BCUT2D eigenvalue weighted by Gasteiger charge is 2.31. The third-order valence-electron chi connectivity index (χ3n) is 6.55. The maximum atomic E-state index is 14.8. The maximum Gasteiger partial charge on any atom is 0.303 e. The van der Waals surface area contributed by atoms with Crippen LogP contribution < -0.4 is 14.8 Å². The van der Waals surface area contributed by atoms with Crippen LogP contribution in [-0.2, 0) is 17.8 Å². The SMILES string of the molecule is Cc1nc(CCC(=O)O)ccc1-c1cc2c(n3cnnc13)NCc1c(F)ccc3c1[C@@H](CO3)CO2. The van der Waals surface area contributed by atoms with Gasteiger partial charge in [0.1, 0.15) is 17.9 Å². The van der Waals surface area contributed by atoms with E-state index in [1.54, 1.807) is 16.8 Å². The zero-order chi connectivity index (χ0) is 24.1. The van der Waals surface area contributed by atoms with Gasteiger partial charge in [0.2, 0.25) is 0 Å². The fourth-order valence-corrected chi connectivity index (χ4v) is 4.85. The summed E-state index contributed by atoms with van der Waals surface area (Å²) in [6, 6.07) is 8.75. The summed E-state index contributed by atoms with van der Waals surface area (Å²) in [4.78, 5) is 15.5. The molecule has 10 heteroatoms. The summed E-state index contributed by atoms with van der Waals surface area (Å²) in [6.45, 7) is 2.90. The molecule has 6 rings (SSSR count). The minimum atomic E-state index is -0.859. The lowest BCUT2D eigenvalue weighted by molar-refractivity contribution is -0.136. The summed E-state index contributed by atoms with van der Waals surface area (Å²) < 4.78 is 28.6. The number of nitrogens with one attached hydrogen (secondary N) is 1. The second-order valence-corrected chi connectivity index (χ2v) is 8.73. The number of carboxylic acid groups (broad SMARTS) is 1. The highest BCUT2D eigenvalue weighted by Crippen LogP contribution is 2.42. The van der Waals surface area contributed by atoms with E-state index >= 15 is 0 Å². The van der Waals surface area contributed by atoms with Gasteiger partial charge in [0.05, 0.1) is 25.6 Å². The van der Waals surface area contributed by atoms with Crippen molar-refractivity contribution in [3.63, 3.8) is 0 Å². The molecule has 0 spiro atoms. The standard InChI is InChI=1S/C25H22FN5O4/c1-13-16(4-2-15(29-13)3-7-22(32)33)17-8-21-25(31-12-28-30-24(17)31)27-9-18-19(26)5-6-20-23(18)14(10-34-20)11-35-21/h2,4-6,8,12,14,27H,3,7,9-11H2,1H3,(H,32,33)/t14-/m0/s1. The predicted molar refractivity (Wildman–Crippen MR) is 124 cm³/mol.